The fourth-order valence-electron chi connectivity index (χ4n) is 4.49. The number of unbranched alkanes of at least 4 members (excludes halogenated alkanes) is 1. The number of hydrogen-bond donors (Lipinski definition) is 1. The number of hydrogen-bond acceptors (Lipinski definition) is 7. The maximum Gasteiger partial charge on any atom is 0.507 e. The van der Waals surface area contributed by atoms with E-state index >= 15 is 0 Å². The molecule has 1 heterocycles. The molecule has 3 aromatic rings. The molecule has 40 heavy (non-hydrogen) atoms. The lowest BCUT2D eigenvalue weighted by Gasteiger charge is -2.22. The normalized spacial score (nSPS) is 15.5. The molecule has 1 fully saturated rings. The maximum atomic E-state index is 12.9. The standard InChI is InChI=1S/C30H35NO8S/c1-2-9-23-22-26(38-25-10-4-3-5-11-25)15-18-28(23)37-21-7-6-20-36-24-13-16-27(17-14-24)40(34,35)31-19-8-12-29(31)39-30(32)33/h3-5,10-11,13-18,22,29H,2,6-9,12,19-21H2,1H3,(H,32,33)/t29-/m1/s1. The summed E-state index contributed by atoms with van der Waals surface area (Å²) in [4.78, 5) is 11.0. The summed E-state index contributed by atoms with van der Waals surface area (Å²) in [5.74, 6) is 2.98. The summed E-state index contributed by atoms with van der Waals surface area (Å²) < 4.78 is 49.5. The second-order valence-corrected chi connectivity index (χ2v) is 11.3. The van der Waals surface area contributed by atoms with Crippen molar-refractivity contribution in [1.82, 2.24) is 4.31 Å². The Morgan fingerprint density at radius 2 is 1.62 bits per heavy atom. The van der Waals surface area contributed by atoms with Gasteiger partial charge >= 0.3 is 6.16 Å². The van der Waals surface area contributed by atoms with Crippen LogP contribution in [0.5, 0.6) is 23.0 Å². The molecule has 1 aliphatic rings. The first kappa shape index (κ1) is 29.2. The first-order valence-corrected chi connectivity index (χ1v) is 14.9. The zero-order valence-corrected chi connectivity index (χ0v) is 23.3. The van der Waals surface area contributed by atoms with E-state index in [2.05, 4.69) is 6.92 Å². The van der Waals surface area contributed by atoms with E-state index in [-0.39, 0.29) is 11.4 Å². The molecule has 10 heteroatoms. The van der Waals surface area contributed by atoms with Gasteiger partial charge in [0.2, 0.25) is 10.0 Å². The Kier molecular flexibility index (Phi) is 10.3. The summed E-state index contributed by atoms with van der Waals surface area (Å²) in [6.07, 6.45) is 1.82. The highest BCUT2D eigenvalue weighted by molar-refractivity contribution is 7.89. The van der Waals surface area contributed by atoms with Crippen molar-refractivity contribution in [2.45, 2.75) is 56.6 Å². The largest absolute Gasteiger partial charge is 0.507 e. The van der Waals surface area contributed by atoms with Crippen LogP contribution < -0.4 is 14.2 Å². The molecular weight excluding hydrogens is 534 g/mol. The Morgan fingerprint density at radius 3 is 2.33 bits per heavy atom. The minimum atomic E-state index is -3.87. The summed E-state index contributed by atoms with van der Waals surface area (Å²) in [5.41, 5.74) is 1.11. The molecule has 1 aliphatic heterocycles. The van der Waals surface area contributed by atoms with Gasteiger partial charge in [-0.15, -0.1) is 0 Å². The lowest BCUT2D eigenvalue weighted by Crippen LogP contribution is -2.38. The quantitative estimate of drug-likeness (QED) is 0.174. The number of carboxylic acid groups (broad SMARTS) is 1. The van der Waals surface area contributed by atoms with Crippen LogP contribution >= 0.6 is 0 Å². The Labute approximate surface area is 235 Å². The topological polar surface area (TPSA) is 112 Å². The van der Waals surface area contributed by atoms with E-state index in [1.54, 1.807) is 12.1 Å². The molecule has 0 spiro atoms. The van der Waals surface area contributed by atoms with Crippen molar-refractivity contribution in [3.05, 3.63) is 78.4 Å². The van der Waals surface area contributed by atoms with Crippen LogP contribution in [0.2, 0.25) is 0 Å². The van der Waals surface area contributed by atoms with Gasteiger partial charge in [-0.1, -0.05) is 31.5 Å². The number of carbonyl (C=O) groups is 1. The van der Waals surface area contributed by atoms with Crippen molar-refractivity contribution < 1.29 is 37.3 Å². The van der Waals surface area contributed by atoms with Crippen LogP contribution in [0.25, 0.3) is 0 Å². The van der Waals surface area contributed by atoms with Gasteiger partial charge in [-0.25, -0.2) is 13.2 Å². The van der Waals surface area contributed by atoms with Gasteiger partial charge in [0.25, 0.3) is 0 Å². The average molecular weight is 570 g/mol. The monoisotopic (exact) mass is 569 g/mol. The molecule has 0 bridgehead atoms. The van der Waals surface area contributed by atoms with Crippen LogP contribution in [0, 0.1) is 0 Å². The molecule has 0 aliphatic carbocycles. The number of nitrogens with zero attached hydrogens (tertiary/aromatic N) is 1. The second-order valence-electron chi connectivity index (χ2n) is 9.41. The molecule has 1 saturated heterocycles. The summed E-state index contributed by atoms with van der Waals surface area (Å²) in [7, 11) is -3.87. The van der Waals surface area contributed by atoms with E-state index in [0.29, 0.717) is 31.8 Å². The summed E-state index contributed by atoms with van der Waals surface area (Å²) in [5, 5.41) is 8.88. The lowest BCUT2D eigenvalue weighted by molar-refractivity contribution is 0.0170. The van der Waals surface area contributed by atoms with Crippen molar-refractivity contribution in [1.29, 1.82) is 0 Å². The van der Waals surface area contributed by atoms with E-state index in [1.807, 2.05) is 48.5 Å². The molecule has 0 amide bonds. The SMILES string of the molecule is CCCc1cc(Oc2ccccc2)ccc1OCCCCOc1ccc(S(=O)(=O)N2CCC[C@H]2OC(=O)O)cc1. The van der Waals surface area contributed by atoms with Gasteiger partial charge in [-0.3, -0.25) is 0 Å². The van der Waals surface area contributed by atoms with Gasteiger partial charge in [0, 0.05) is 13.0 Å². The van der Waals surface area contributed by atoms with Crippen molar-refractivity contribution in [2.75, 3.05) is 19.8 Å². The molecule has 1 atom stereocenters. The first-order valence-electron chi connectivity index (χ1n) is 13.5. The van der Waals surface area contributed by atoms with Crippen LogP contribution in [-0.2, 0) is 21.2 Å². The third kappa shape index (κ3) is 7.89. The molecule has 0 aromatic heterocycles. The number of rotatable bonds is 14. The van der Waals surface area contributed by atoms with Crippen molar-refractivity contribution in [2.24, 2.45) is 0 Å². The maximum absolute atomic E-state index is 12.9. The third-order valence-corrected chi connectivity index (χ3v) is 8.32. The minimum absolute atomic E-state index is 0.0669. The van der Waals surface area contributed by atoms with E-state index in [9.17, 15) is 13.2 Å². The summed E-state index contributed by atoms with van der Waals surface area (Å²) in [6.45, 7) is 3.35. The highest BCUT2D eigenvalue weighted by Crippen LogP contribution is 2.30. The Bertz CT molecular complexity index is 1350. The average Bonchev–Trinajstić information content (AvgIpc) is 3.41. The predicted molar refractivity (Wildman–Crippen MR) is 150 cm³/mol. The molecule has 9 nitrogen and oxygen atoms in total. The fourth-order valence-corrected chi connectivity index (χ4v) is 6.07. The van der Waals surface area contributed by atoms with E-state index in [4.69, 9.17) is 24.1 Å². The van der Waals surface area contributed by atoms with E-state index in [1.165, 1.54) is 12.1 Å². The predicted octanol–water partition coefficient (Wildman–Crippen LogP) is 6.47. The number of sulfonamides is 1. The number of benzene rings is 3. The number of aryl methyl sites for hydroxylation is 1. The van der Waals surface area contributed by atoms with E-state index < -0.39 is 22.4 Å². The van der Waals surface area contributed by atoms with Gasteiger partial charge in [0.1, 0.15) is 23.0 Å². The van der Waals surface area contributed by atoms with Crippen molar-refractivity contribution in [3.8, 4) is 23.0 Å². The van der Waals surface area contributed by atoms with Crippen molar-refractivity contribution >= 4 is 16.2 Å². The fraction of sp³-hybridized carbons (Fsp3) is 0.367. The van der Waals surface area contributed by atoms with Crippen molar-refractivity contribution in [3.63, 3.8) is 0 Å². The minimum Gasteiger partial charge on any atom is -0.494 e. The molecule has 3 aromatic carbocycles. The van der Waals surface area contributed by atoms with E-state index in [0.717, 1.165) is 52.8 Å². The second kappa shape index (κ2) is 14.0. The van der Waals surface area contributed by atoms with Crippen LogP contribution in [0.1, 0.15) is 44.6 Å². The van der Waals surface area contributed by atoms with Crippen LogP contribution in [0.4, 0.5) is 4.79 Å². The van der Waals surface area contributed by atoms with Gasteiger partial charge in [0.15, 0.2) is 6.23 Å². The Balaban J connectivity index is 1.22. The summed E-state index contributed by atoms with van der Waals surface area (Å²) in [6, 6.07) is 21.7. The first-order chi connectivity index (χ1) is 19.4. The highest BCUT2D eigenvalue weighted by atomic mass is 32.2. The smallest absolute Gasteiger partial charge is 0.494 e. The molecule has 214 valence electrons. The molecule has 0 unspecified atom stereocenters. The molecule has 0 saturated carbocycles. The highest BCUT2D eigenvalue weighted by Gasteiger charge is 2.37. The Hall–Kier alpha value is -3.76. The van der Waals surface area contributed by atoms with Gasteiger partial charge in [0.05, 0.1) is 18.1 Å². The molecule has 1 N–H and O–H groups in total. The number of ether oxygens (including phenoxy) is 4. The third-order valence-electron chi connectivity index (χ3n) is 6.41. The molecular formula is C30H35NO8S. The van der Waals surface area contributed by atoms with Gasteiger partial charge < -0.3 is 24.1 Å². The lowest BCUT2D eigenvalue weighted by atomic mass is 10.1. The van der Waals surface area contributed by atoms with Gasteiger partial charge in [-0.2, -0.15) is 4.31 Å². The van der Waals surface area contributed by atoms with Gasteiger partial charge in [-0.05, 0) is 85.8 Å². The zero-order valence-electron chi connectivity index (χ0n) is 22.5. The number of para-hydroxylation sites is 1. The van der Waals surface area contributed by atoms with Crippen LogP contribution in [0.3, 0.4) is 0 Å². The molecule has 4 rings (SSSR count). The zero-order chi connectivity index (χ0) is 28.4. The van der Waals surface area contributed by atoms with Crippen LogP contribution in [0.15, 0.2) is 77.7 Å². The Morgan fingerprint density at radius 1 is 0.925 bits per heavy atom. The van der Waals surface area contributed by atoms with Crippen LogP contribution in [-0.4, -0.2) is 50.0 Å². The summed E-state index contributed by atoms with van der Waals surface area (Å²) >= 11 is 0. The molecule has 0 radical (unpaired) electrons.